The summed E-state index contributed by atoms with van der Waals surface area (Å²) in [5, 5.41) is 12.0. The SMILES string of the molecule is COc1ccccc1C(=O)[C@@H]1[C@H](C(=O)c2ccc(OCC#N)cc2)[C@@]2(C(=O)Nc3ccccc32)[C@H]2c3ccccc3C=CN12. The lowest BCUT2D eigenvalue weighted by Crippen LogP contribution is -2.49. The molecule has 8 heteroatoms. The Hall–Kier alpha value is -5.68. The quantitative estimate of drug-likeness (QED) is 0.284. The molecule has 3 aliphatic heterocycles. The number of rotatable bonds is 7. The van der Waals surface area contributed by atoms with Crippen LogP contribution in [0.1, 0.15) is 43.4 Å². The Bertz CT molecular complexity index is 1890. The second-order valence-electron chi connectivity index (χ2n) is 11.0. The van der Waals surface area contributed by atoms with E-state index in [0.717, 1.165) is 11.1 Å². The first-order valence-corrected chi connectivity index (χ1v) is 14.3. The van der Waals surface area contributed by atoms with E-state index >= 15 is 0 Å². The lowest BCUT2D eigenvalue weighted by Gasteiger charge is -2.38. The highest BCUT2D eigenvalue weighted by molar-refractivity contribution is 6.17. The smallest absolute Gasteiger partial charge is 0.238 e. The molecule has 0 aliphatic carbocycles. The zero-order valence-electron chi connectivity index (χ0n) is 23.8. The summed E-state index contributed by atoms with van der Waals surface area (Å²) in [6.07, 6.45) is 3.77. The molecule has 1 amide bonds. The third-order valence-corrected chi connectivity index (χ3v) is 8.94. The van der Waals surface area contributed by atoms with Gasteiger partial charge >= 0.3 is 0 Å². The van der Waals surface area contributed by atoms with Crippen LogP contribution in [0.15, 0.2) is 103 Å². The third kappa shape index (κ3) is 3.86. The zero-order chi connectivity index (χ0) is 30.4. The van der Waals surface area contributed by atoms with Crippen LogP contribution in [0.4, 0.5) is 5.69 Å². The number of fused-ring (bicyclic) bond motifs is 6. The van der Waals surface area contributed by atoms with E-state index in [-0.39, 0.29) is 24.1 Å². The van der Waals surface area contributed by atoms with Crippen LogP contribution in [0.25, 0.3) is 6.08 Å². The summed E-state index contributed by atoms with van der Waals surface area (Å²) < 4.78 is 11.0. The Morgan fingerprint density at radius 3 is 2.45 bits per heavy atom. The molecule has 3 aliphatic rings. The summed E-state index contributed by atoms with van der Waals surface area (Å²) in [5.41, 5.74) is 2.28. The van der Waals surface area contributed by atoms with Gasteiger partial charge in [-0.3, -0.25) is 14.4 Å². The predicted octanol–water partition coefficient (Wildman–Crippen LogP) is 5.58. The Kier molecular flexibility index (Phi) is 6.51. The molecule has 7 rings (SSSR count). The summed E-state index contributed by atoms with van der Waals surface area (Å²) in [6, 6.07) is 28.8. The fourth-order valence-corrected chi connectivity index (χ4v) is 7.19. The number of nitrogens with zero attached hydrogens (tertiary/aromatic N) is 2. The van der Waals surface area contributed by atoms with Gasteiger partial charge < -0.3 is 19.7 Å². The minimum atomic E-state index is -1.44. The van der Waals surface area contributed by atoms with Crippen LogP contribution in [0.5, 0.6) is 11.5 Å². The van der Waals surface area contributed by atoms with Crippen molar-refractivity contribution in [2.45, 2.75) is 17.5 Å². The molecule has 0 radical (unpaired) electrons. The van der Waals surface area contributed by atoms with Crippen molar-refractivity contribution < 1.29 is 23.9 Å². The molecule has 0 saturated carbocycles. The van der Waals surface area contributed by atoms with Gasteiger partial charge in [0.2, 0.25) is 5.91 Å². The van der Waals surface area contributed by atoms with Crippen molar-refractivity contribution in [1.82, 2.24) is 4.90 Å². The first-order valence-electron chi connectivity index (χ1n) is 14.3. The van der Waals surface area contributed by atoms with E-state index in [1.54, 1.807) is 48.5 Å². The molecule has 1 fully saturated rings. The summed E-state index contributed by atoms with van der Waals surface area (Å²) in [4.78, 5) is 46.2. The van der Waals surface area contributed by atoms with Crippen LogP contribution in [0.2, 0.25) is 0 Å². The molecule has 1 saturated heterocycles. The molecule has 0 unspecified atom stereocenters. The second-order valence-corrected chi connectivity index (χ2v) is 11.0. The van der Waals surface area contributed by atoms with Crippen LogP contribution in [0.3, 0.4) is 0 Å². The van der Waals surface area contributed by atoms with Crippen molar-refractivity contribution in [3.8, 4) is 17.6 Å². The first kappa shape index (κ1) is 27.2. The number of methoxy groups -OCH3 is 1. The highest BCUT2D eigenvalue weighted by atomic mass is 16.5. The number of Topliss-reactive ketones (excluding diaryl/α,β-unsaturated/α-hetero) is 2. The second kappa shape index (κ2) is 10.5. The average Bonchev–Trinajstić information content (AvgIpc) is 3.55. The predicted molar refractivity (Wildman–Crippen MR) is 163 cm³/mol. The van der Waals surface area contributed by atoms with Gasteiger partial charge in [-0.1, -0.05) is 54.6 Å². The van der Waals surface area contributed by atoms with E-state index in [2.05, 4.69) is 5.32 Å². The van der Waals surface area contributed by atoms with Gasteiger partial charge in [0.05, 0.1) is 24.6 Å². The van der Waals surface area contributed by atoms with Gasteiger partial charge in [-0.15, -0.1) is 0 Å². The lowest BCUT2D eigenvalue weighted by atomic mass is 9.62. The van der Waals surface area contributed by atoms with E-state index in [9.17, 15) is 14.4 Å². The van der Waals surface area contributed by atoms with Crippen molar-refractivity contribution in [1.29, 1.82) is 5.26 Å². The van der Waals surface area contributed by atoms with Crippen molar-refractivity contribution in [3.63, 3.8) is 0 Å². The Morgan fingerprint density at radius 2 is 1.66 bits per heavy atom. The molecule has 4 aromatic carbocycles. The van der Waals surface area contributed by atoms with Crippen LogP contribution < -0.4 is 14.8 Å². The number of amides is 1. The van der Waals surface area contributed by atoms with Crippen molar-refractivity contribution in [2.75, 3.05) is 19.0 Å². The molecule has 1 spiro atoms. The molecule has 216 valence electrons. The molecule has 1 N–H and O–H groups in total. The average molecular weight is 582 g/mol. The Morgan fingerprint density at radius 1 is 0.932 bits per heavy atom. The highest BCUT2D eigenvalue weighted by Crippen LogP contribution is 2.62. The number of benzene rings is 4. The van der Waals surface area contributed by atoms with Crippen LogP contribution in [-0.2, 0) is 10.2 Å². The summed E-state index contributed by atoms with van der Waals surface area (Å²) in [7, 11) is 1.50. The molecule has 4 aromatic rings. The first-order chi connectivity index (χ1) is 21.5. The van der Waals surface area contributed by atoms with E-state index in [4.69, 9.17) is 14.7 Å². The van der Waals surface area contributed by atoms with Crippen molar-refractivity contribution in [3.05, 3.63) is 131 Å². The molecule has 3 heterocycles. The zero-order valence-corrected chi connectivity index (χ0v) is 23.8. The number of ketones is 2. The van der Waals surface area contributed by atoms with Gasteiger partial charge in [0, 0.05) is 17.5 Å². The maximum absolute atomic E-state index is 14.9. The van der Waals surface area contributed by atoms with Crippen LogP contribution >= 0.6 is 0 Å². The van der Waals surface area contributed by atoms with Crippen molar-refractivity contribution >= 4 is 29.2 Å². The molecule has 0 bridgehead atoms. The number of carbonyl (C=O) groups excluding carboxylic acids is 3. The standard InChI is InChI=1S/C36H27N3O5/c1-43-29-13-7-4-10-26(29)33(41)31-30(32(40)23-14-16-24(17-15-23)44-21-19-37)36(27-11-5-6-12-28(27)38-35(36)42)34-25-9-3-2-8-22(25)18-20-39(31)34/h2-18,20,30-31,34H,21H2,1H3,(H,38,42)/t30-,31+,34-,36-/m1/s1. The largest absolute Gasteiger partial charge is 0.496 e. The van der Waals surface area contributed by atoms with E-state index in [1.807, 2.05) is 71.8 Å². The number of nitriles is 1. The van der Waals surface area contributed by atoms with E-state index in [0.29, 0.717) is 33.9 Å². The fraction of sp³-hybridized carbons (Fsp3) is 0.167. The van der Waals surface area contributed by atoms with Gasteiger partial charge in [-0.05, 0) is 65.2 Å². The highest BCUT2D eigenvalue weighted by Gasteiger charge is 2.70. The number of para-hydroxylation sites is 2. The maximum atomic E-state index is 14.9. The topological polar surface area (TPSA) is 109 Å². The molecule has 0 aromatic heterocycles. The van der Waals surface area contributed by atoms with E-state index in [1.165, 1.54) is 7.11 Å². The Balaban J connectivity index is 1.49. The summed E-state index contributed by atoms with van der Waals surface area (Å²) in [5.74, 6) is -1.30. The lowest BCUT2D eigenvalue weighted by molar-refractivity contribution is -0.122. The number of hydrogen-bond acceptors (Lipinski definition) is 7. The maximum Gasteiger partial charge on any atom is 0.238 e. The number of ether oxygens (including phenoxy) is 2. The van der Waals surface area contributed by atoms with Gasteiger partial charge in [0.1, 0.15) is 29.0 Å². The van der Waals surface area contributed by atoms with Crippen LogP contribution in [0, 0.1) is 17.2 Å². The minimum Gasteiger partial charge on any atom is -0.496 e. The van der Waals surface area contributed by atoms with Gasteiger partial charge in [-0.2, -0.15) is 5.26 Å². The number of carbonyl (C=O) groups is 3. The fourth-order valence-electron chi connectivity index (χ4n) is 7.19. The number of anilines is 1. The van der Waals surface area contributed by atoms with Gasteiger partial charge in [0.15, 0.2) is 18.2 Å². The van der Waals surface area contributed by atoms with Crippen molar-refractivity contribution in [2.24, 2.45) is 5.92 Å². The van der Waals surface area contributed by atoms with E-state index < -0.39 is 23.4 Å². The molecule has 44 heavy (non-hydrogen) atoms. The summed E-state index contributed by atoms with van der Waals surface area (Å²) >= 11 is 0. The number of hydrogen-bond donors (Lipinski definition) is 1. The van der Waals surface area contributed by atoms with Gasteiger partial charge in [-0.25, -0.2) is 0 Å². The van der Waals surface area contributed by atoms with Crippen LogP contribution in [-0.4, -0.2) is 42.1 Å². The molecule has 4 atom stereocenters. The normalized spacial score (nSPS) is 22.4. The monoisotopic (exact) mass is 581 g/mol. The Labute approximate surface area is 254 Å². The van der Waals surface area contributed by atoms with Gasteiger partial charge in [0.25, 0.3) is 0 Å². The summed E-state index contributed by atoms with van der Waals surface area (Å²) in [6.45, 7) is -0.131. The molecular formula is C36H27N3O5. The molecular weight excluding hydrogens is 554 g/mol. The third-order valence-electron chi connectivity index (χ3n) is 8.94. The molecule has 8 nitrogen and oxygen atoms in total. The minimum absolute atomic E-state index is 0.131. The number of nitrogens with one attached hydrogen (secondary N) is 1.